The van der Waals surface area contributed by atoms with Crippen LogP contribution in [0.3, 0.4) is 0 Å². The molecule has 1 atom stereocenters. The fourth-order valence-corrected chi connectivity index (χ4v) is 2.83. The maximum Gasteiger partial charge on any atom is 0.119 e. The van der Waals surface area contributed by atoms with Crippen LogP contribution in [-0.4, -0.2) is 37.7 Å². The van der Waals surface area contributed by atoms with Crippen LogP contribution in [0, 0.1) is 5.92 Å². The molecule has 118 valence electrons. The molecule has 2 rings (SSSR count). The fraction of sp³-hybridized carbons (Fsp3) is 0.667. The van der Waals surface area contributed by atoms with Crippen molar-refractivity contribution in [1.82, 2.24) is 10.2 Å². The molecule has 1 N–H and O–H groups in total. The molecular formula is C18H30N2O. The van der Waals surface area contributed by atoms with Gasteiger partial charge in [0.15, 0.2) is 0 Å². The number of piperidine rings is 1. The van der Waals surface area contributed by atoms with E-state index in [1.54, 1.807) is 0 Å². The maximum atomic E-state index is 5.69. The van der Waals surface area contributed by atoms with Gasteiger partial charge in [-0.05, 0) is 83.9 Å². The quantitative estimate of drug-likeness (QED) is 0.868. The topological polar surface area (TPSA) is 24.5 Å². The minimum Gasteiger partial charge on any atom is -0.491 e. The van der Waals surface area contributed by atoms with Crippen molar-refractivity contribution in [2.75, 3.05) is 26.7 Å². The summed E-state index contributed by atoms with van der Waals surface area (Å²) in [4.78, 5) is 2.42. The maximum absolute atomic E-state index is 5.69. The molecule has 21 heavy (non-hydrogen) atoms. The zero-order chi connectivity index (χ0) is 15.2. The van der Waals surface area contributed by atoms with Crippen LogP contribution in [-0.2, 0) is 0 Å². The summed E-state index contributed by atoms with van der Waals surface area (Å²) in [6.07, 6.45) is 2.87. The Morgan fingerprint density at radius 3 is 2.33 bits per heavy atom. The summed E-state index contributed by atoms with van der Waals surface area (Å²) in [7, 11) is 2.22. The molecule has 0 radical (unpaired) electrons. The summed E-state index contributed by atoms with van der Waals surface area (Å²) in [6.45, 7) is 9.95. The highest BCUT2D eigenvalue weighted by atomic mass is 16.5. The standard InChI is InChI=1S/C18H30N2O/c1-14(2)21-18-7-5-17(6-8-18)15(3)19-13-16-9-11-20(4)12-10-16/h5-8,14-16,19H,9-13H2,1-4H3. The van der Waals surface area contributed by atoms with E-state index in [9.17, 15) is 0 Å². The van der Waals surface area contributed by atoms with Gasteiger partial charge in [-0.3, -0.25) is 0 Å². The summed E-state index contributed by atoms with van der Waals surface area (Å²) >= 11 is 0. The number of rotatable bonds is 6. The molecule has 0 amide bonds. The highest BCUT2D eigenvalue weighted by Gasteiger charge is 2.17. The molecule has 1 aromatic carbocycles. The average Bonchev–Trinajstić information content (AvgIpc) is 2.46. The zero-order valence-electron chi connectivity index (χ0n) is 13.9. The molecule has 1 aromatic rings. The summed E-state index contributed by atoms with van der Waals surface area (Å²) in [5, 5.41) is 3.68. The second-order valence-electron chi connectivity index (χ2n) is 6.61. The summed E-state index contributed by atoms with van der Waals surface area (Å²) < 4.78 is 5.69. The molecule has 1 heterocycles. The second kappa shape index (κ2) is 7.81. The summed E-state index contributed by atoms with van der Waals surface area (Å²) in [6, 6.07) is 8.89. The Hall–Kier alpha value is -1.06. The van der Waals surface area contributed by atoms with Crippen molar-refractivity contribution in [2.24, 2.45) is 5.92 Å². The number of ether oxygens (including phenoxy) is 1. The smallest absolute Gasteiger partial charge is 0.119 e. The largest absolute Gasteiger partial charge is 0.491 e. The van der Waals surface area contributed by atoms with E-state index < -0.39 is 0 Å². The molecule has 1 fully saturated rings. The molecule has 0 saturated carbocycles. The fourth-order valence-electron chi connectivity index (χ4n) is 2.83. The first kappa shape index (κ1) is 16.3. The van der Waals surface area contributed by atoms with Gasteiger partial charge in [0.05, 0.1) is 6.10 Å². The van der Waals surface area contributed by atoms with Crippen molar-refractivity contribution in [3.63, 3.8) is 0 Å². The highest BCUT2D eigenvalue weighted by Crippen LogP contribution is 2.20. The third kappa shape index (κ3) is 5.33. The molecule has 1 saturated heterocycles. The Morgan fingerprint density at radius 2 is 1.76 bits per heavy atom. The van der Waals surface area contributed by atoms with Crippen molar-refractivity contribution in [3.8, 4) is 5.75 Å². The predicted octanol–water partition coefficient (Wildman–Crippen LogP) is 3.47. The number of hydrogen-bond acceptors (Lipinski definition) is 3. The number of likely N-dealkylation sites (tertiary alicyclic amines) is 1. The number of nitrogens with zero attached hydrogens (tertiary/aromatic N) is 1. The lowest BCUT2D eigenvalue weighted by molar-refractivity contribution is 0.213. The highest BCUT2D eigenvalue weighted by molar-refractivity contribution is 5.29. The van der Waals surface area contributed by atoms with E-state index in [4.69, 9.17) is 4.74 Å². The van der Waals surface area contributed by atoms with Crippen LogP contribution in [0.2, 0.25) is 0 Å². The predicted molar refractivity (Wildman–Crippen MR) is 88.8 cm³/mol. The van der Waals surface area contributed by atoms with Crippen LogP contribution < -0.4 is 10.1 Å². The molecule has 0 spiro atoms. The first-order chi connectivity index (χ1) is 10.0. The molecule has 1 unspecified atom stereocenters. The van der Waals surface area contributed by atoms with Gasteiger partial charge in [-0.15, -0.1) is 0 Å². The van der Waals surface area contributed by atoms with Gasteiger partial charge >= 0.3 is 0 Å². The van der Waals surface area contributed by atoms with E-state index in [-0.39, 0.29) is 6.10 Å². The molecule has 3 heteroatoms. The molecule has 0 aliphatic carbocycles. The first-order valence-corrected chi connectivity index (χ1v) is 8.23. The van der Waals surface area contributed by atoms with Gasteiger partial charge in [-0.25, -0.2) is 0 Å². The minimum atomic E-state index is 0.232. The van der Waals surface area contributed by atoms with Gasteiger partial charge in [0.1, 0.15) is 5.75 Å². The summed E-state index contributed by atoms with van der Waals surface area (Å²) in [5.41, 5.74) is 1.33. The van der Waals surface area contributed by atoms with E-state index in [1.807, 2.05) is 0 Å². The van der Waals surface area contributed by atoms with Gasteiger partial charge in [0, 0.05) is 6.04 Å². The average molecular weight is 290 g/mol. The number of nitrogens with one attached hydrogen (secondary N) is 1. The van der Waals surface area contributed by atoms with E-state index >= 15 is 0 Å². The van der Waals surface area contributed by atoms with Gasteiger partial charge in [-0.1, -0.05) is 12.1 Å². The second-order valence-corrected chi connectivity index (χ2v) is 6.61. The van der Waals surface area contributed by atoms with Crippen LogP contribution in [0.15, 0.2) is 24.3 Å². The number of benzene rings is 1. The van der Waals surface area contributed by atoms with Crippen molar-refractivity contribution in [1.29, 1.82) is 0 Å². The van der Waals surface area contributed by atoms with Crippen molar-refractivity contribution in [2.45, 2.75) is 45.8 Å². The van der Waals surface area contributed by atoms with Crippen LogP contribution >= 0.6 is 0 Å². The minimum absolute atomic E-state index is 0.232. The molecule has 1 aliphatic heterocycles. The van der Waals surface area contributed by atoms with E-state index in [1.165, 1.54) is 31.5 Å². The normalized spacial score (nSPS) is 18.9. The SMILES string of the molecule is CC(C)Oc1ccc(C(C)NCC2CCN(C)CC2)cc1. The number of hydrogen-bond donors (Lipinski definition) is 1. The van der Waals surface area contributed by atoms with Crippen LogP contribution in [0.5, 0.6) is 5.75 Å². The third-order valence-electron chi connectivity index (χ3n) is 4.30. The van der Waals surface area contributed by atoms with Gasteiger partial charge < -0.3 is 15.0 Å². The zero-order valence-corrected chi connectivity index (χ0v) is 13.9. The lowest BCUT2D eigenvalue weighted by atomic mass is 9.96. The Kier molecular flexibility index (Phi) is 6.07. The molecule has 1 aliphatic rings. The lowest BCUT2D eigenvalue weighted by Gasteiger charge is -2.30. The van der Waals surface area contributed by atoms with Crippen LogP contribution in [0.25, 0.3) is 0 Å². The van der Waals surface area contributed by atoms with Crippen molar-refractivity contribution in [3.05, 3.63) is 29.8 Å². The van der Waals surface area contributed by atoms with Crippen molar-refractivity contribution < 1.29 is 4.74 Å². The van der Waals surface area contributed by atoms with E-state index in [0.717, 1.165) is 18.2 Å². The van der Waals surface area contributed by atoms with Crippen LogP contribution in [0.1, 0.15) is 45.2 Å². The van der Waals surface area contributed by atoms with Gasteiger partial charge in [-0.2, -0.15) is 0 Å². The molecular weight excluding hydrogens is 260 g/mol. The first-order valence-electron chi connectivity index (χ1n) is 8.23. The van der Waals surface area contributed by atoms with Gasteiger partial charge in [0.2, 0.25) is 0 Å². The Balaban J connectivity index is 1.78. The Morgan fingerprint density at radius 1 is 1.14 bits per heavy atom. The molecule has 3 nitrogen and oxygen atoms in total. The van der Waals surface area contributed by atoms with Crippen molar-refractivity contribution >= 4 is 0 Å². The lowest BCUT2D eigenvalue weighted by Crippen LogP contribution is -2.35. The van der Waals surface area contributed by atoms with E-state index in [0.29, 0.717) is 6.04 Å². The summed E-state index contributed by atoms with van der Waals surface area (Å²) in [5.74, 6) is 1.78. The van der Waals surface area contributed by atoms with Gasteiger partial charge in [0.25, 0.3) is 0 Å². The Labute approximate surface area is 129 Å². The molecule has 0 aromatic heterocycles. The third-order valence-corrected chi connectivity index (χ3v) is 4.30. The Bertz CT molecular complexity index is 408. The molecule has 0 bridgehead atoms. The van der Waals surface area contributed by atoms with E-state index in [2.05, 4.69) is 62.3 Å². The van der Waals surface area contributed by atoms with Crippen LogP contribution in [0.4, 0.5) is 0 Å². The monoisotopic (exact) mass is 290 g/mol.